The van der Waals surface area contributed by atoms with Crippen LogP contribution in [0.15, 0.2) is 45.8 Å². The molecule has 0 N–H and O–H groups in total. The van der Waals surface area contributed by atoms with E-state index in [4.69, 9.17) is 9.15 Å². The lowest BCUT2D eigenvalue weighted by molar-refractivity contribution is -0.134. The summed E-state index contributed by atoms with van der Waals surface area (Å²) in [6.07, 6.45) is 4.46. The quantitative estimate of drug-likeness (QED) is 0.703. The van der Waals surface area contributed by atoms with E-state index in [1.165, 1.54) is 18.4 Å². The van der Waals surface area contributed by atoms with Crippen molar-refractivity contribution < 1.29 is 18.3 Å². The van der Waals surface area contributed by atoms with Gasteiger partial charge in [0.05, 0.1) is 12.2 Å². The predicted octanol–water partition coefficient (Wildman–Crippen LogP) is 2.49. The third-order valence-electron chi connectivity index (χ3n) is 5.86. The third-order valence-corrected chi connectivity index (χ3v) is 5.86. The lowest BCUT2D eigenvalue weighted by atomic mass is 10.1. The summed E-state index contributed by atoms with van der Waals surface area (Å²) in [6.45, 7) is 4.71. The fourth-order valence-corrected chi connectivity index (χ4v) is 4.08. The highest BCUT2D eigenvalue weighted by Gasteiger charge is 2.21. The van der Waals surface area contributed by atoms with Crippen LogP contribution in [-0.4, -0.2) is 61.6 Å². The van der Waals surface area contributed by atoms with Crippen molar-refractivity contribution in [2.24, 2.45) is 0 Å². The molecule has 2 aliphatic heterocycles. The van der Waals surface area contributed by atoms with Crippen LogP contribution in [0.4, 0.5) is 10.1 Å². The Labute approximate surface area is 181 Å². The van der Waals surface area contributed by atoms with Crippen molar-refractivity contribution in [3.05, 3.63) is 58.4 Å². The average Bonchev–Trinajstić information content (AvgIpc) is 2.80. The molecule has 0 atom stereocenters. The number of carbonyl (C=O) groups is 1. The van der Waals surface area contributed by atoms with Gasteiger partial charge in [-0.25, -0.2) is 4.39 Å². The summed E-state index contributed by atoms with van der Waals surface area (Å²) in [7, 11) is 0. The highest BCUT2D eigenvalue weighted by Crippen LogP contribution is 2.21. The number of hydrogen-bond acceptors (Lipinski definition) is 6. The van der Waals surface area contributed by atoms with Crippen molar-refractivity contribution in [3.8, 4) is 5.75 Å². The molecule has 1 amide bonds. The number of ether oxygens (including phenoxy) is 1. The van der Waals surface area contributed by atoms with E-state index in [2.05, 4.69) is 4.90 Å². The van der Waals surface area contributed by atoms with Crippen LogP contribution in [0.5, 0.6) is 5.75 Å². The van der Waals surface area contributed by atoms with Crippen LogP contribution in [0, 0.1) is 5.82 Å². The van der Waals surface area contributed by atoms with Crippen molar-refractivity contribution in [3.63, 3.8) is 0 Å². The van der Waals surface area contributed by atoms with E-state index in [1.54, 1.807) is 17.0 Å². The summed E-state index contributed by atoms with van der Waals surface area (Å²) in [5.41, 5.74) is 0.326. The second-order valence-electron chi connectivity index (χ2n) is 8.02. The van der Waals surface area contributed by atoms with E-state index in [1.807, 2.05) is 11.0 Å². The van der Waals surface area contributed by atoms with Crippen molar-refractivity contribution >= 4 is 11.6 Å². The van der Waals surface area contributed by atoms with Crippen LogP contribution in [-0.2, 0) is 11.3 Å². The lowest BCUT2D eigenvalue weighted by Crippen LogP contribution is -2.46. The SMILES string of the molecule is O=C(COc1coc(CN2CCN(c3ccccc3F)CC2)cc1=O)N1CCCCC1. The summed E-state index contributed by atoms with van der Waals surface area (Å²) in [5.74, 6) is 0.282. The lowest BCUT2D eigenvalue weighted by Gasteiger charge is -2.35. The van der Waals surface area contributed by atoms with E-state index >= 15 is 0 Å². The first-order valence-corrected chi connectivity index (χ1v) is 10.8. The van der Waals surface area contributed by atoms with Gasteiger partial charge in [-0.2, -0.15) is 0 Å². The second-order valence-corrected chi connectivity index (χ2v) is 8.02. The number of piperazine rings is 1. The number of carbonyl (C=O) groups excluding carboxylic acids is 1. The van der Waals surface area contributed by atoms with Gasteiger partial charge in [0.25, 0.3) is 5.91 Å². The highest BCUT2D eigenvalue weighted by atomic mass is 19.1. The number of nitrogens with zero attached hydrogens (tertiary/aromatic N) is 3. The van der Waals surface area contributed by atoms with Crippen LogP contribution in [0.1, 0.15) is 25.0 Å². The zero-order valence-corrected chi connectivity index (χ0v) is 17.6. The van der Waals surface area contributed by atoms with E-state index < -0.39 is 0 Å². The van der Waals surface area contributed by atoms with Gasteiger partial charge < -0.3 is 19.0 Å². The maximum absolute atomic E-state index is 14.0. The molecule has 0 unspecified atom stereocenters. The average molecular weight is 429 g/mol. The molecule has 8 heteroatoms. The largest absolute Gasteiger partial charge is 0.477 e. The number of hydrogen-bond donors (Lipinski definition) is 0. The molecule has 2 saturated heterocycles. The molecular weight excluding hydrogens is 401 g/mol. The van der Waals surface area contributed by atoms with Gasteiger partial charge in [-0.1, -0.05) is 12.1 Å². The molecule has 0 bridgehead atoms. The van der Waals surface area contributed by atoms with Gasteiger partial charge in [-0.05, 0) is 31.4 Å². The Morgan fingerprint density at radius 2 is 1.77 bits per heavy atom. The van der Waals surface area contributed by atoms with Gasteiger partial charge >= 0.3 is 0 Å². The Hall–Kier alpha value is -2.87. The molecule has 2 aliphatic rings. The normalized spacial score (nSPS) is 17.6. The number of benzene rings is 1. The third kappa shape index (κ3) is 5.44. The van der Waals surface area contributed by atoms with E-state index in [-0.39, 0.29) is 29.5 Å². The van der Waals surface area contributed by atoms with Crippen LogP contribution >= 0.6 is 0 Å². The van der Waals surface area contributed by atoms with Gasteiger partial charge in [0.2, 0.25) is 11.2 Å². The number of amides is 1. The number of anilines is 1. The Kier molecular flexibility index (Phi) is 6.86. The Balaban J connectivity index is 1.27. The molecule has 0 aliphatic carbocycles. The fraction of sp³-hybridized carbons (Fsp3) is 0.478. The molecule has 0 radical (unpaired) electrons. The van der Waals surface area contributed by atoms with E-state index in [0.717, 1.165) is 45.4 Å². The van der Waals surface area contributed by atoms with Gasteiger partial charge in [-0.15, -0.1) is 0 Å². The molecule has 1 aromatic carbocycles. The number of halogens is 1. The first-order chi connectivity index (χ1) is 15.1. The molecular formula is C23H28FN3O4. The van der Waals surface area contributed by atoms with Crippen molar-refractivity contribution in [1.82, 2.24) is 9.80 Å². The molecule has 31 heavy (non-hydrogen) atoms. The molecule has 2 fully saturated rings. The molecule has 0 spiro atoms. The zero-order chi connectivity index (χ0) is 21.6. The summed E-state index contributed by atoms with van der Waals surface area (Å²) in [4.78, 5) is 30.5. The van der Waals surface area contributed by atoms with Crippen LogP contribution in [0.2, 0.25) is 0 Å². The molecule has 7 nitrogen and oxygen atoms in total. The second kappa shape index (κ2) is 9.96. The van der Waals surface area contributed by atoms with Gasteiger partial charge in [0.15, 0.2) is 6.61 Å². The number of rotatable bonds is 6. The van der Waals surface area contributed by atoms with Crippen molar-refractivity contribution in [2.45, 2.75) is 25.8 Å². The number of likely N-dealkylation sites (tertiary alicyclic amines) is 1. The van der Waals surface area contributed by atoms with Gasteiger partial charge in [0, 0.05) is 45.3 Å². The highest BCUT2D eigenvalue weighted by molar-refractivity contribution is 5.77. The maximum atomic E-state index is 14.0. The molecule has 1 aromatic heterocycles. The zero-order valence-electron chi connectivity index (χ0n) is 17.6. The molecule has 0 saturated carbocycles. The minimum Gasteiger partial charge on any atom is -0.477 e. The Morgan fingerprint density at radius 3 is 2.48 bits per heavy atom. The first-order valence-electron chi connectivity index (χ1n) is 10.8. The monoisotopic (exact) mass is 429 g/mol. The minimum atomic E-state index is -0.294. The van der Waals surface area contributed by atoms with E-state index in [9.17, 15) is 14.0 Å². The van der Waals surface area contributed by atoms with Gasteiger partial charge in [-0.3, -0.25) is 14.5 Å². The van der Waals surface area contributed by atoms with Crippen LogP contribution < -0.4 is 15.1 Å². The summed E-state index contributed by atoms with van der Waals surface area (Å²) in [5, 5.41) is 0. The molecule has 166 valence electrons. The van der Waals surface area contributed by atoms with Crippen LogP contribution in [0.25, 0.3) is 0 Å². The smallest absolute Gasteiger partial charge is 0.260 e. The van der Waals surface area contributed by atoms with Crippen LogP contribution in [0.3, 0.4) is 0 Å². The van der Waals surface area contributed by atoms with Gasteiger partial charge in [0.1, 0.15) is 17.8 Å². The Bertz CT molecular complexity index is 950. The number of piperidine rings is 1. The first kappa shape index (κ1) is 21.4. The maximum Gasteiger partial charge on any atom is 0.260 e. The van der Waals surface area contributed by atoms with Crippen molar-refractivity contribution in [2.75, 3.05) is 50.8 Å². The summed E-state index contributed by atoms with van der Waals surface area (Å²) in [6, 6.07) is 8.21. The molecule has 2 aromatic rings. The fourth-order valence-electron chi connectivity index (χ4n) is 4.08. The standard InChI is InChI=1S/C23H28FN3O4/c24-19-6-2-3-7-20(19)26-12-10-25(11-13-26)15-18-14-21(28)22(16-30-18)31-17-23(29)27-8-4-1-5-9-27/h2-3,6-7,14,16H,1,4-5,8-13,15,17H2. The Morgan fingerprint density at radius 1 is 1.03 bits per heavy atom. The number of para-hydroxylation sites is 1. The minimum absolute atomic E-state index is 0.0541. The topological polar surface area (TPSA) is 66.2 Å². The summed E-state index contributed by atoms with van der Waals surface area (Å²) >= 11 is 0. The van der Waals surface area contributed by atoms with Crippen molar-refractivity contribution in [1.29, 1.82) is 0 Å². The molecule has 3 heterocycles. The van der Waals surface area contributed by atoms with E-state index in [0.29, 0.717) is 31.1 Å². The summed E-state index contributed by atoms with van der Waals surface area (Å²) < 4.78 is 25.0. The predicted molar refractivity (Wildman–Crippen MR) is 115 cm³/mol. The molecule has 4 rings (SSSR count).